The lowest BCUT2D eigenvalue weighted by Gasteiger charge is -2.05. The highest BCUT2D eigenvalue weighted by molar-refractivity contribution is 7.99. The van der Waals surface area contributed by atoms with Gasteiger partial charge < -0.3 is 10.1 Å². The van der Waals surface area contributed by atoms with Crippen LogP contribution in [0.1, 0.15) is 0 Å². The van der Waals surface area contributed by atoms with E-state index in [1.165, 1.54) is 4.68 Å². The van der Waals surface area contributed by atoms with Crippen molar-refractivity contribution in [1.29, 1.82) is 0 Å². The summed E-state index contributed by atoms with van der Waals surface area (Å²) in [6, 6.07) is 16.3. The number of carbonyl (C=O) groups excluding carboxylic acids is 1. The summed E-state index contributed by atoms with van der Waals surface area (Å²) in [5.41, 5.74) is 0.842. The molecule has 0 bridgehead atoms. The van der Waals surface area contributed by atoms with Crippen LogP contribution in [0, 0.1) is 0 Å². The average Bonchev–Trinajstić information content (AvgIpc) is 3.01. The van der Waals surface area contributed by atoms with E-state index in [9.17, 15) is 9.59 Å². The van der Waals surface area contributed by atoms with E-state index in [1.807, 2.05) is 30.3 Å². The number of anilines is 1. The number of ether oxygens (including phenoxy) is 1. The molecule has 0 aliphatic heterocycles. The number of hydrogen-bond donors (Lipinski definition) is 2. The molecule has 1 heterocycles. The molecule has 25 heavy (non-hydrogen) atoms. The molecule has 0 spiro atoms. The van der Waals surface area contributed by atoms with Gasteiger partial charge in [0, 0.05) is 23.9 Å². The Kier molecular flexibility index (Phi) is 5.20. The summed E-state index contributed by atoms with van der Waals surface area (Å²) in [6.45, 7) is 0. The minimum absolute atomic E-state index is 0.0622. The Morgan fingerprint density at radius 3 is 2.80 bits per heavy atom. The lowest BCUT2D eigenvalue weighted by atomic mass is 10.3. The molecule has 128 valence electrons. The number of nitrogens with one attached hydrogen (secondary N) is 2. The van der Waals surface area contributed by atoms with Crippen molar-refractivity contribution < 1.29 is 18.7 Å². The van der Waals surface area contributed by atoms with Crippen molar-refractivity contribution in [3.8, 4) is 11.4 Å². The number of carbonyl (C=O) groups is 1. The van der Waals surface area contributed by atoms with Crippen molar-refractivity contribution >= 4 is 23.4 Å². The Balaban J connectivity index is 1.68. The normalized spacial score (nSPS) is 10.4. The van der Waals surface area contributed by atoms with E-state index in [1.54, 1.807) is 31.4 Å². The molecule has 3 aromatic rings. The van der Waals surface area contributed by atoms with Gasteiger partial charge in [-0.3, -0.25) is 9.32 Å². The Labute approximate surface area is 147 Å². The van der Waals surface area contributed by atoms with Crippen molar-refractivity contribution in [3.05, 3.63) is 65.0 Å². The quantitative estimate of drug-likeness (QED) is 0.520. The fraction of sp³-hybridized carbons (Fsp3) is 0.118. The van der Waals surface area contributed by atoms with Crippen molar-refractivity contribution in [1.82, 2.24) is 5.27 Å². The third kappa shape index (κ3) is 4.10. The largest absolute Gasteiger partial charge is 0.497 e. The second-order valence-electron chi connectivity index (χ2n) is 5.03. The zero-order valence-electron chi connectivity index (χ0n) is 13.4. The highest BCUT2D eigenvalue weighted by Gasteiger charge is 2.24. The molecule has 0 saturated carbocycles. The van der Waals surface area contributed by atoms with E-state index in [2.05, 4.69) is 10.6 Å². The summed E-state index contributed by atoms with van der Waals surface area (Å²) < 4.78 is 11.5. The van der Waals surface area contributed by atoms with Crippen LogP contribution < -0.4 is 20.4 Å². The highest BCUT2D eigenvalue weighted by atomic mass is 32.2. The van der Waals surface area contributed by atoms with Crippen molar-refractivity contribution in [2.24, 2.45) is 0 Å². The van der Waals surface area contributed by atoms with Gasteiger partial charge in [0.2, 0.25) is 11.6 Å². The summed E-state index contributed by atoms with van der Waals surface area (Å²) in [5, 5.41) is 5.60. The molecule has 3 rings (SSSR count). The average molecular weight is 358 g/mol. The molecule has 0 radical (unpaired) electrons. The summed E-state index contributed by atoms with van der Waals surface area (Å²) in [6.07, 6.45) is 0. The Morgan fingerprint density at radius 2 is 2.04 bits per heavy atom. The maximum atomic E-state index is 12.1. The zero-order valence-corrected chi connectivity index (χ0v) is 14.2. The van der Waals surface area contributed by atoms with Crippen LogP contribution in [0.4, 0.5) is 5.69 Å². The number of rotatable bonds is 6. The number of methoxy groups -OCH3 is 1. The minimum Gasteiger partial charge on any atom is -0.497 e. The van der Waals surface area contributed by atoms with Crippen LogP contribution in [-0.4, -0.2) is 24.0 Å². The number of amides is 1. The van der Waals surface area contributed by atoms with Crippen LogP contribution in [0.2, 0.25) is 0 Å². The molecule has 0 unspecified atom stereocenters. The molecule has 0 fully saturated rings. The lowest BCUT2D eigenvalue weighted by Crippen LogP contribution is -2.36. The first-order valence-corrected chi connectivity index (χ1v) is 8.41. The van der Waals surface area contributed by atoms with Crippen LogP contribution in [0.5, 0.6) is 5.75 Å². The fourth-order valence-corrected chi connectivity index (χ4v) is 2.94. The maximum Gasteiger partial charge on any atom is 0.442 e. The number of hydrogen-bond acceptors (Lipinski definition) is 5. The SMILES string of the molecule is COc1cccc(NC(=O)CSc2c(=O)o[nH][n+]2-c2ccccc2)c1. The Hall–Kier alpha value is -3.00. The number of aromatic amines is 1. The molecule has 0 aliphatic carbocycles. The van der Waals surface area contributed by atoms with Crippen LogP contribution in [-0.2, 0) is 4.79 Å². The lowest BCUT2D eigenvalue weighted by molar-refractivity contribution is -0.704. The third-order valence-electron chi connectivity index (χ3n) is 3.32. The van der Waals surface area contributed by atoms with E-state index in [0.717, 1.165) is 17.4 Å². The van der Waals surface area contributed by atoms with Crippen molar-refractivity contribution in [2.45, 2.75) is 5.03 Å². The number of H-pyrrole nitrogens is 1. The predicted molar refractivity (Wildman–Crippen MR) is 93.2 cm³/mol. The highest BCUT2D eigenvalue weighted by Crippen LogP contribution is 2.17. The molecule has 0 saturated heterocycles. The molecule has 1 amide bonds. The topological polar surface area (TPSA) is 88.2 Å². The van der Waals surface area contributed by atoms with Gasteiger partial charge >= 0.3 is 10.7 Å². The number of para-hydroxylation sites is 1. The number of thioether (sulfide) groups is 1. The standard InChI is InChI=1S/C17H15N3O4S/c1-23-14-9-5-6-12(10-14)18-15(21)11-25-16-17(22)24-19-20(16)13-7-3-2-4-8-13/h2-10H,11H2,1H3,(H-,18,19,21,22)/p+1. The van der Waals surface area contributed by atoms with E-state index < -0.39 is 5.63 Å². The summed E-state index contributed by atoms with van der Waals surface area (Å²) >= 11 is 1.09. The second-order valence-corrected chi connectivity index (χ2v) is 5.99. The van der Waals surface area contributed by atoms with Gasteiger partial charge in [-0.05, 0) is 33.8 Å². The van der Waals surface area contributed by atoms with E-state index in [0.29, 0.717) is 16.5 Å². The van der Waals surface area contributed by atoms with Crippen LogP contribution >= 0.6 is 11.8 Å². The molecule has 1 aromatic heterocycles. The van der Waals surface area contributed by atoms with E-state index in [-0.39, 0.29) is 11.7 Å². The van der Waals surface area contributed by atoms with Gasteiger partial charge in [0.1, 0.15) is 5.75 Å². The summed E-state index contributed by atoms with van der Waals surface area (Å²) in [4.78, 5) is 24.0. The van der Waals surface area contributed by atoms with Crippen molar-refractivity contribution in [3.63, 3.8) is 0 Å². The van der Waals surface area contributed by atoms with Gasteiger partial charge in [-0.1, -0.05) is 24.3 Å². The molecule has 8 heteroatoms. The Bertz CT molecular complexity index is 921. The number of aromatic nitrogens is 2. The second kappa shape index (κ2) is 7.71. The molecule has 0 aliphatic rings. The van der Waals surface area contributed by atoms with Crippen molar-refractivity contribution in [2.75, 3.05) is 18.2 Å². The first kappa shape index (κ1) is 16.8. The molecule has 2 aromatic carbocycles. The van der Waals surface area contributed by atoms with Crippen LogP contribution in [0.15, 0.2) is 68.9 Å². The minimum atomic E-state index is -0.525. The third-order valence-corrected chi connectivity index (χ3v) is 4.34. The van der Waals surface area contributed by atoms with Crippen LogP contribution in [0.25, 0.3) is 5.69 Å². The van der Waals surface area contributed by atoms with E-state index in [4.69, 9.17) is 9.26 Å². The van der Waals surface area contributed by atoms with Crippen LogP contribution in [0.3, 0.4) is 0 Å². The van der Waals surface area contributed by atoms with Gasteiger partial charge in [0.05, 0.1) is 12.9 Å². The predicted octanol–water partition coefficient (Wildman–Crippen LogP) is 1.98. The number of nitrogens with zero attached hydrogens (tertiary/aromatic N) is 1. The molecule has 7 nitrogen and oxygen atoms in total. The summed E-state index contributed by atoms with van der Waals surface area (Å²) in [5.74, 6) is 0.476. The maximum absolute atomic E-state index is 12.1. The first-order valence-electron chi connectivity index (χ1n) is 7.43. The molecule has 0 atom stereocenters. The summed E-state index contributed by atoms with van der Waals surface area (Å²) in [7, 11) is 1.56. The smallest absolute Gasteiger partial charge is 0.442 e. The van der Waals surface area contributed by atoms with Gasteiger partial charge in [0.25, 0.3) is 0 Å². The van der Waals surface area contributed by atoms with Gasteiger partial charge in [-0.15, -0.1) is 0 Å². The number of benzene rings is 2. The van der Waals surface area contributed by atoms with E-state index >= 15 is 0 Å². The van der Waals surface area contributed by atoms with Gasteiger partial charge in [0.15, 0.2) is 0 Å². The van der Waals surface area contributed by atoms with Gasteiger partial charge in [-0.2, -0.15) is 0 Å². The van der Waals surface area contributed by atoms with Gasteiger partial charge in [-0.25, -0.2) is 4.79 Å². The zero-order chi connectivity index (χ0) is 17.6. The monoisotopic (exact) mass is 358 g/mol. The first-order chi connectivity index (χ1) is 12.2. The molecular weight excluding hydrogens is 342 g/mol. The Morgan fingerprint density at radius 1 is 1.24 bits per heavy atom. The molecular formula is C17H16N3O4S+. The fourth-order valence-electron chi connectivity index (χ4n) is 2.17. The molecule has 2 N–H and O–H groups in total.